The second-order valence-corrected chi connectivity index (χ2v) is 4.52. The van der Waals surface area contributed by atoms with Crippen molar-refractivity contribution in [1.29, 1.82) is 0 Å². The maximum atomic E-state index is 13.6. The molecule has 21 heavy (non-hydrogen) atoms. The molecule has 0 saturated heterocycles. The van der Waals surface area contributed by atoms with Gasteiger partial charge in [-0.1, -0.05) is 23.4 Å². The van der Waals surface area contributed by atoms with Gasteiger partial charge >= 0.3 is 0 Å². The molecule has 106 valence electrons. The first-order valence-corrected chi connectivity index (χ1v) is 6.25. The zero-order valence-electron chi connectivity index (χ0n) is 10.9. The highest BCUT2D eigenvalue weighted by Crippen LogP contribution is 2.22. The fourth-order valence-electron chi connectivity index (χ4n) is 1.93. The SMILES string of the molecule is Nc1cc(-c2nc(Cc3ccccc3F)no2)ccc1F. The summed E-state index contributed by atoms with van der Waals surface area (Å²) in [5, 5.41) is 3.79. The molecule has 2 N–H and O–H groups in total. The Morgan fingerprint density at radius 3 is 2.62 bits per heavy atom. The van der Waals surface area contributed by atoms with E-state index in [9.17, 15) is 8.78 Å². The van der Waals surface area contributed by atoms with E-state index in [-0.39, 0.29) is 23.8 Å². The monoisotopic (exact) mass is 287 g/mol. The summed E-state index contributed by atoms with van der Waals surface area (Å²) < 4.78 is 31.8. The number of anilines is 1. The number of benzene rings is 2. The number of nitrogen functional groups attached to an aromatic ring is 1. The molecule has 2 aromatic carbocycles. The van der Waals surface area contributed by atoms with Gasteiger partial charge < -0.3 is 10.3 Å². The molecule has 0 radical (unpaired) electrons. The van der Waals surface area contributed by atoms with E-state index in [0.29, 0.717) is 17.0 Å². The minimum atomic E-state index is -0.509. The van der Waals surface area contributed by atoms with Gasteiger partial charge in [0.1, 0.15) is 11.6 Å². The third-order valence-corrected chi connectivity index (χ3v) is 3.02. The molecule has 3 aromatic rings. The van der Waals surface area contributed by atoms with E-state index in [0.717, 1.165) is 0 Å². The Kier molecular flexibility index (Phi) is 3.35. The Hall–Kier alpha value is -2.76. The Bertz CT molecular complexity index is 786. The fourth-order valence-corrected chi connectivity index (χ4v) is 1.93. The molecule has 0 aliphatic heterocycles. The molecular weight excluding hydrogens is 276 g/mol. The van der Waals surface area contributed by atoms with E-state index < -0.39 is 5.82 Å². The van der Waals surface area contributed by atoms with Crippen LogP contribution in [0.3, 0.4) is 0 Å². The van der Waals surface area contributed by atoms with Gasteiger partial charge in [0.2, 0.25) is 0 Å². The number of aromatic nitrogens is 2. The predicted octanol–water partition coefficient (Wildman–Crippen LogP) is 3.19. The van der Waals surface area contributed by atoms with Gasteiger partial charge in [-0.3, -0.25) is 0 Å². The highest BCUT2D eigenvalue weighted by atomic mass is 19.1. The van der Waals surface area contributed by atoms with Crippen LogP contribution >= 0.6 is 0 Å². The highest BCUT2D eigenvalue weighted by Gasteiger charge is 2.12. The zero-order valence-corrected chi connectivity index (χ0v) is 10.9. The minimum absolute atomic E-state index is 0.00125. The van der Waals surface area contributed by atoms with E-state index in [4.69, 9.17) is 10.3 Å². The van der Waals surface area contributed by atoms with E-state index >= 15 is 0 Å². The van der Waals surface area contributed by atoms with Gasteiger partial charge in [-0.15, -0.1) is 0 Å². The molecule has 0 atom stereocenters. The topological polar surface area (TPSA) is 64.9 Å². The lowest BCUT2D eigenvalue weighted by molar-refractivity contribution is 0.423. The van der Waals surface area contributed by atoms with Gasteiger partial charge in [-0.05, 0) is 29.8 Å². The van der Waals surface area contributed by atoms with Gasteiger partial charge in [-0.25, -0.2) is 8.78 Å². The summed E-state index contributed by atoms with van der Waals surface area (Å²) in [6.07, 6.45) is 0.215. The van der Waals surface area contributed by atoms with E-state index in [1.807, 2.05) is 0 Å². The summed E-state index contributed by atoms with van der Waals surface area (Å²) in [7, 11) is 0. The minimum Gasteiger partial charge on any atom is -0.396 e. The first-order valence-electron chi connectivity index (χ1n) is 6.25. The number of nitrogens with two attached hydrogens (primary N) is 1. The predicted molar refractivity (Wildman–Crippen MR) is 73.3 cm³/mol. The van der Waals surface area contributed by atoms with Crippen LogP contribution in [0.15, 0.2) is 47.0 Å². The molecule has 0 amide bonds. The molecule has 3 rings (SSSR count). The maximum Gasteiger partial charge on any atom is 0.258 e. The van der Waals surface area contributed by atoms with Crippen molar-refractivity contribution in [2.75, 3.05) is 5.73 Å². The van der Waals surface area contributed by atoms with Crippen molar-refractivity contribution >= 4 is 5.69 Å². The number of rotatable bonds is 3. The van der Waals surface area contributed by atoms with Gasteiger partial charge in [0.25, 0.3) is 5.89 Å². The van der Waals surface area contributed by atoms with Crippen molar-refractivity contribution in [2.45, 2.75) is 6.42 Å². The Morgan fingerprint density at radius 1 is 1.05 bits per heavy atom. The first kappa shape index (κ1) is 13.2. The Morgan fingerprint density at radius 2 is 1.86 bits per heavy atom. The molecule has 0 saturated carbocycles. The number of halogens is 2. The summed E-state index contributed by atoms with van der Waals surface area (Å²) in [5.41, 5.74) is 6.49. The number of nitrogens with zero attached hydrogens (tertiary/aromatic N) is 2. The molecule has 0 aliphatic carbocycles. The van der Waals surface area contributed by atoms with Crippen molar-refractivity contribution in [3.8, 4) is 11.5 Å². The van der Waals surface area contributed by atoms with Crippen molar-refractivity contribution in [1.82, 2.24) is 10.1 Å². The molecule has 6 heteroatoms. The summed E-state index contributed by atoms with van der Waals surface area (Å²) >= 11 is 0. The lowest BCUT2D eigenvalue weighted by Crippen LogP contribution is -1.94. The Balaban J connectivity index is 1.86. The van der Waals surface area contributed by atoms with Crippen LogP contribution < -0.4 is 5.73 Å². The van der Waals surface area contributed by atoms with Crippen LogP contribution in [0.2, 0.25) is 0 Å². The van der Waals surface area contributed by atoms with Crippen molar-refractivity contribution in [2.24, 2.45) is 0 Å². The molecule has 0 spiro atoms. The fraction of sp³-hybridized carbons (Fsp3) is 0.0667. The first-order chi connectivity index (χ1) is 10.1. The summed E-state index contributed by atoms with van der Waals surface area (Å²) in [6.45, 7) is 0. The van der Waals surface area contributed by atoms with Crippen LogP contribution in [0.1, 0.15) is 11.4 Å². The molecule has 0 aliphatic rings. The lowest BCUT2D eigenvalue weighted by Gasteiger charge is -1.98. The standard InChI is InChI=1S/C15H11F2N3O/c16-11-4-2-1-3-9(11)8-14-19-15(21-20-14)10-5-6-12(17)13(18)7-10/h1-7H,8,18H2. The molecule has 1 aromatic heterocycles. The second kappa shape index (κ2) is 5.32. The summed E-state index contributed by atoms with van der Waals surface area (Å²) in [5.74, 6) is -0.272. The molecular formula is C15H11F2N3O. The van der Waals surface area contributed by atoms with Crippen LogP contribution in [-0.2, 0) is 6.42 Å². The number of hydrogen-bond donors (Lipinski definition) is 1. The van der Waals surface area contributed by atoms with Crippen LogP contribution in [0.5, 0.6) is 0 Å². The van der Waals surface area contributed by atoms with Crippen LogP contribution in [0, 0.1) is 11.6 Å². The second-order valence-electron chi connectivity index (χ2n) is 4.52. The van der Waals surface area contributed by atoms with E-state index in [1.54, 1.807) is 18.2 Å². The van der Waals surface area contributed by atoms with Gasteiger partial charge in [0, 0.05) is 12.0 Å². The van der Waals surface area contributed by atoms with Crippen LogP contribution in [0.25, 0.3) is 11.5 Å². The normalized spacial score (nSPS) is 10.8. The Labute approximate surface area is 119 Å². The average molecular weight is 287 g/mol. The van der Waals surface area contributed by atoms with Gasteiger partial charge in [0.15, 0.2) is 5.82 Å². The van der Waals surface area contributed by atoms with Crippen LogP contribution in [0.4, 0.5) is 14.5 Å². The third-order valence-electron chi connectivity index (χ3n) is 3.02. The van der Waals surface area contributed by atoms with Crippen molar-refractivity contribution in [3.05, 3.63) is 65.5 Å². The molecule has 4 nitrogen and oxygen atoms in total. The highest BCUT2D eigenvalue weighted by molar-refractivity contribution is 5.60. The average Bonchev–Trinajstić information content (AvgIpc) is 2.93. The smallest absolute Gasteiger partial charge is 0.258 e. The van der Waals surface area contributed by atoms with Gasteiger partial charge in [0.05, 0.1) is 5.69 Å². The third kappa shape index (κ3) is 2.74. The van der Waals surface area contributed by atoms with Crippen molar-refractivity contribution in [3.63, 3.8) is 0 Å². The maximum absolute atomic E-state index is 13.6. The molecule has 0 unspecified atom stereocenters. The molecule has 1 heterocycles. The largest absolute Gasteiger partial charge is 0.396 e. The zero-order chi connectivity index (χ0) is 14.8. The van der Waals surface area contributed by atoms with Crippen LogP contribution in [-0.4, -0.2) is 10.1 Å². The molecule has 0 bridgehead atoms. The summed E-state index contributed by atoms with van der Waals surface area (Å²) in [4.78, 5) is 4.17. The van der Waals surface area contributed by atoms with Crippen molar-refractivity contribution < 1.29 is 13.3 Å². The van der Waals surface area contributed by atoms with E-state index in [1.165, 1.54) is 24.3 Å². The summed E-state index contributed by atoms with van der Waals surface area (Å²) in [6, 6.07) is 10.5. The number of hydrogen-bond acceptors (Lipinski definition) is 4. The van der Waals surface area contributed by atoms with E-state index in [2.05, 4.69) is 10.1 Å². The quantitative estimate of drug-likeness (QED) is 0.751. The molecule has 0 fully saturated rings. The van der Waals surface area contributed by atoms with Gasteiger partial charge in [-0.2, -0.15) is 4.98 Å². The lowest BCUT2D eigenvalue weighted by atomic mass is 10.1.